The summed E-state index contributed by atoms with van der Waals surface area (Å²) in [7, 11) is 0. The van der Waals surface area contributed by atoms with Gasteiger partial charge in [0.15, 0.2) is 0 Å². The summed E-state index contributed by atoms with van der Waals surface area (Å²) in [6.45, 7) is 0. The Hall–Kier alpha value is -1.80. The monoisotopic (exact) mass is 266 g/mol. The molecule has 0 radical (unpaired) electrons. The van der Waals surface area contributed by atoms with Gasteiger partial charge in [0.1, 0.15) is 0 Å². The first-order valence-electron chi connectivity index (χ1n) is 7.67. The third-order valence-electron chi connectivity index (χ3n) is 4.67. The van der Waals surface area contributed by atoms with Crippen molar-refractivity contribution in [2.45, 2.75) is 56.8 Å². The van der Waals surface area contributed by atoms with Crippen molar-refractivity contribution in [1.82, 2.24) is 0 Å². The molecule has 0 spiro atoms. The number of hydrogen-bond acceptors (Lipinski definition) is 2. The Morgan fingerprint density at radius 1 is 1.00 bits per heavy atom. The molecular formula is C18H22N2. The summed E-state index contributed by atoms with van der Waals surface area (Å²) in [6.07, 6.45) is 8.35. The SMILES string of the molecule is N#CCCC(C#N)(c1ccccc1)C1CCCCCC1. The van der Waals surface area contributed by atoms with Gasteiger partial charge in [0, 0.05) is 6.42 Å². The van der Waals surface area contributed by atoms with Crippen molar-refractivity contribution in [3.8, 4) is 12.1 Å². The molecule has 20 heavy (non-hydrogen) atoms. The number of nitriles is 2. The second kappa shape index (κ2) is 7.11. The highest BCUT2D eigenvalue weighted by Crippen LogP contribution is 2.43. The molecule has 0 bridgehead atoms. The molecule has 0 aliphatic heterocycles. The molecule has 2 nitrogen and oxygen atoms in total. The van der Waals surface area contributed by atoms with Gasteiger partial charge in [-0.3, -0.25) is 0 Å². The zero-order valence-electron chi connectivity index (χ0n) is 12.0. The summed E-state index contributed by atoms with van der Waals surface area (Å²) in [6, 6.07) is 15.0. The lowest BCUT2D eigenvalue weighted by molar-refractivity contribution is 0.288. The first-order valence-corrected chi connectivity index (χ1v) is 7.67. The number of benzene rings is 1. The van der Waals surface area contributed by atoms with E-state index in [9.17, 15) is 5.26 Å². The van der Waals surface area contributed by atoms with Crippen LogP contribution in [-0.4, -0.2) is 0 Å². The van der Waals surface area contributed by atoms with Gasteiger partial charge < -0.3 is 0 Å². The third-order valence-corrected chi connectivity index (χ3v) is 4.67. The van der Waals surface area contributed by atoms with Crippen molar-refractivity contribution in [3.05, 3.63) is 35.9 Å². The molecular weight excluding hydrogens is 244 g/mol. The van der Waals surface area contributed by atoms with Crippen LogP contribution < -0.4 is 0 Å². The average Bonchev–Trinajstić information content (AvgIpc) is 2.79. The van der Waals surface area contributed by atoms with Crippen LogP contribution in [0.25, 0.3) is 0 Å². The maximum Gasteiger partial charge on any atom is 0.0860 e. The smallest absolute Gasteiger partial charge is 0.0860 e. The molecule has 0 amide bonds. The quantitative estimate of drug-likeness (QED) is 0.740. The molecule has 1 atom stereocenters. The van der Waals surface area contributed by atoms with Gasteiger partial charge in [0.25, 0.3) is 0 Å². The van der Waals surface area contributed by atoms with E-state index in [0.29, 0.717) is 18.8 Å². The van der Waals surface area contributed by atoms with Gasteiger partial charge >= 0.3 is 0 Å². The summed E-state index contributed by atoms with van der Waals surface area (Å²) in [5, 5.41) is 18.9. The molecule has 1 aliphatic rings. The van der Waals surface area contributed by atoms with Crippen LogP contribution in [0.1, 0.15) is 56.9 Å². The van der Waals surface area contributed by atoms with Gasteiger partial charge in [-0.1, -0.05) is 56.0 Å². The fourth-order valence-electron chi connectivity index (χ4n) is 3.56. The van der Waals surface area contributed by atoms with Gasteiger partial charge in [-0.2, -0.15) is 10.5 Å². The minimum absolute atomic E-state index is 0.394. The number of rotatable bonds is 4. The Kier molecular flexibility index (Phi) is 5.19. The van der Waals surface area contributed by atoms with Crippen LogP contribution >= 0.6 is 0 Å². The van der Waals surface area contributed by atoms with Crippen molar-refractivity contribution in [2.24, 2.45) is 5.92 Å². The van der Waals surface area contributed by atoms with Gasteiger partial charge in [-0.15, -0.1) is 0 Å². The molecule has 0 aromatic heterocycles. The molecule has 1 saturated carbocycles. The molecule has 2 heteroatoms. The zero-order valence-corrected chi connectivity index (χ0v) is 12.0. The van der Waals surface area contributed by atoms with E-state index in [0.717, 1.165) is 18.4 Å². The molecule has 0 N–H and O–H groups in total. The topological polar surface area (TPSA) is 47.6 Å². The lowest BCUT2D eigenvalue weighted by Gasteiger charge is -2.35. The molecule has 0 heterocycles. The van der Waals surface area contributed by atoms with E-state index >= 15 is 0 Å². The Balaban J connectivity index is 2.36. The molecule has 1 aromatic rings. The van der Waals surface area contributed by atoms with Gasteiger partial charge in [0.05, 0.1) is 17.6 Å². The van der Waals surface area contributed by atoms with Crippen LogP contribution in [-0.2, 0) is 5.41 Å². The Bertz CT molecular complexity index is 486. The summed E-state index contributed by atoms with van der Waals surface area (Å²) in [5.41, 5.74) is 0.631. The zero-order chi connectivity index (χ0) is 14.3. The summed E-state index contributed by atoms with van der Waals surface area (Å²) < 4.78 is 0. The fourth-order valence-corrected chi connectivity index (χ4v) is 3.56. The average molecular weight is 266 g/mol. The summed E-state index contributed by atoms with van der Waals surface area (Å²) in [5.74, 6) is 0.394. The van der Waals surface area contributed by atoms with E-state index < -0.39 is 5.41 Å². The van der Waals surface area contributed by atoms with Crippen molar-refractivity contribution in [1.29, 1.82) is 10.5 Å². The van der Waals surface area contributed by atoms with Crippen LogP contribution in [0.4, 0.5) is 0 Å². The van der Waals surface area contributed by atoms with E-state index in [2.05, 4.69) is 24.3 Å². The third kappa shape index (κ3) is 3.02. The van der Waals surface area contributed by atoms with Crippen LogP contribution in [0.5, 0.6) is 0 Å². The maximum atomic E-state index is 9.94. The Morgan fingerprint density at radius 3 is 2.20 bits per heavy atom. The van der Waals surface area contributed by atoms with Crippen LogP contribution in [0.3, 0.4) is 0 Å². The Labute approximate surface area is 122 Å². The predicted molar refractivity (Wildman–Crippen MR) is 79.8 cm³/mol. The first kappa shape index (κ1) is 14.6. The fraction of sp³-hybridized carbons (Fsp3) is 0.556. The molecule has 1 unspecified atom stereocenters. The van der Waals surface area contributed by atoms with Crippen molar-refractivity contribution in [2.75, 3.05) is 0 Å². The van der Waals surface area contributed by atoms with Crippen LogP contribution in [0.15, 0.2) is 30.3 Å². The van der Waals surface area contributed by atoms with E-state index in [1.165, 1.54) is 25.7 Å². The maximum absolute atomic E-state index is 9.94. The molecule has 1 aromatic carbocycles. The van der Waals surface area contributed by atoms with Crippen molar-refractivity contribution in [3.63, 3.8) is 0 Å². The first-order chi connectivity index (χ1) is 9.83. The normalized spacial score (nSPS) is 19.3. The van der Waals surface area contributed by atoms with E-state index in [4.69, 9.17) is 5.26 Å². The van der Waals surface area contributed by atoms with Crippen LogP contribution in [0, 0.1) is 28.6 Å². The predicted octanol–water partition coefficient (Wildman–Crippen LogP) is 4.72. The second-order valence-electron chi connectivity index (χ2n) is 5.80. The second-order valence-corrected chi connectivity index (χ2v) is 5.80. The highest BCUT2D eigenvalue weighted by Gasteiger charge is 2.40. The van der Waals surface area contributed by atoms with E-state index in [-0.39, 0.29) is 0 Å². The molecule has 2 rings (SSSR count). The molecule has 0 saturated heterocycles. The van der Waals surface area contributed by atoms with Gasteiger partial charge in [-0.05, 0) is 30.7 Å². The minimum Gasteiger partial charge on any atom is -0.198 e. The van der Waals surface area contributed by atoms with Gasteiger partial charge in [0.2, 0.25) is 0 Å². The largest absolute Gasteiger partial charge is 0.198 e. The minimum atomic E-state index is -0.471. The lowest BCUT2D eigenvalue weighted by atomic mass is 9.66. The van der Waals surface area contributed by atoms with Crippen molar-refractivity contribution < 1.29 is 0 Å². The van der Waals surface area contributed by atoms with Crippen LogP contribution in [0.2, 0.25) is 0 Å². The molecule has 104 valence electrons. The standard InChI is InChI=1S/C18H22N2/c19-14-8-13-18(15-20,17-11-6-3-7-12-17)16-9-4-1-2-5-10-16/h3,6-7,11-12,16H,1-2,4-5,8-10,13H2. The van der Waals surface area contributed by atoms with E-state index in [1.54, 1.807) is 0 Å². The van der Waals surface area contributed by atoms with Crippen molar-refractivity contribution >= 4 is 0 Å². The molecule has 1 aliphatic carbocycles. The highest BCUT2D eigenvalue weighted by molar-refractivity contribution is 5.34. The van der Waals surface area contributed by atoms with E-state index in [1.807, 2.05) is 18.2 Å². The lowest BCUT2D eigenvalue weighted by Crippen LogP contribution is -2.33. The summed E-state index contributed by atoms with van der Waals surface area (Å²) >= 11 is 0. The number of hydrogen-bond donors (Lipinski definition) is 0. The molecule has 1 fully saturated rings. The van der Waals surface area contributed by atoms with Gasteiger partial charge in [-0.25, -0.2) is 0 Å². The summed E-state index contributed by atoms with van der Waals surface area (Å²) in [4.78, 5) is 0. The Morgan fingerprint density at radius 2 is 1.65 bits per heavy atom. The highest BCUT2D eigenvalue weighted by atomic mass is 14.5. The number of nitrogens with zero attached hydrogens (tertiary/aromatic N) is 2.